The maximum Gasteiger partial charge on any atom is 0.251 e. The van der Waals surface area contributed by atoms with Crippen molar-refractivity contribution in [1.29, 1.82) is 0 Å². The van der Waals surface area contributed by atoms with E-state index in [-0.39, 0.29) is 11.9 Å². The molecule has 6 heteroatoms. The van der Waals surface area contributed by atoms with Crippen molar-refractivity contribution in [3.05, 3.63) is 53.1 Å². The largest absolute Gasteiger partial charge is 0.493 e. The van der Waals surface area contributed by atoms with Crippen molar-refractivity contribution in [2.75, 3.05) is 20.3 Å². The Hall–Kier alpha value is -2.40. The summed E-state index contributed by atoms with van der Waals surface area (Å²) in [5, 5.41) is 3.29. The number of rotatable bonds is 8. The van der Waals surface area contributed by atoms with Gasteiger partial charge in [0.1, 0.15) is 12.4 Å². The summed E-state index contributed by atoms with van der Waals surface area (Å²) < 4.78 is 16.3. The first-order chi connectivity index (χ1) is 12.0. The van der Waals surface area contributed by atoms with E-state index in [1.54, 1.807) is 25.3 Å². The molecule has 0 aromatic heterocycles. The summed E-state index contributed by atoms with van der Waals surface area (Å²) >= 11 is 6.12. The van der Waals surface area contributed by atoms with Gasteiger partial charge in [-0.15, -0.1) is 0 Å². The van der Waals surface area contributed by atoms with Crippen molar-refractivity contribution >= 4 is 17.5 Å². The first-order valence-corrected chi connectivity index (χ1v) is 8.42. The molecule has 5 nitrogen and oxygen atoms in total. The Balaban J connectivity index is 1.92. The molecule has 1 N–H and O–H groups in total. The normalized spacial score (nSPS) is 11.5. The maximum atomic E-state index is 12.3. The van der Waals surface area contributed by atoms with Crippen LogP contribution in [0.1, 0.15) is 24.2 Å². The second-order valence-electron chi connectivity index (χ2n) is 5.41. The van der Waals surface area contributed by atoms with Crippen LogP contribution in [0.3, 0.4) is 0 Å². The van der Waals surface area contributed by atoms with Crippen LogP contribution in [0.15, 0.2) is 42.5 Å². The van der Waals surface area contributed by atoms with Gasteiger partial charge in [-0.05, 0) is 44.2 Å². The van der Waals surface area contributed by atoms with Gasteiger partial charge in [-0.25, -0.2) is 0 Å². The van der Waals surface area contributed by atoms with E-state index < -0.39 is 0 Å². The quantitative estimate of drug-likeness (QED) is 0.771. The molecule has 0 radical (unpaired) electrons. The molecule has 0 heterocycles. The Morgan fingerprint density at radius 3 is 2.48 bits per heavy atom. The van der Waals surface area contributed by atoms with Gasteiger partial charge in [0.15, 0.2) is 11.5 Å². The van der Waals surface area contributed by atoms with Crippen LogP contribution >= 0.6 is 11.6 Å². The highest BCUT2D eigenvalue weighted by atomic mass is 35.5. The summed E-state index contributed by atoms with van der Waals surface area (Å²) in [6.07, 6.45) is 0. The van der Waals surface area contributed by atoms with E-state index in [0.717, 1.165) is 0 Å². The zero-order chi connectivity index (χ0) is 18.2. The van der Waals surface area contributed by atoms with E-state index in [2.05, 4.69) is 5.32 Å². The summed E-state index contributed by atoms with van der Waals surface area (Å²) in [5.41, 5.74) is 0.470. The van der Waals surface area contributed by atoms with Crippen LogP contribution in [0, 0.1) is 0 Å². The highest BCUT2D eigenvalue weighted by molar-refractivity contribution is 6.32. The third-order valence-electron chi connectivity index (χ3n) is 3.43. The van der Waals surface area contributed by atoms with Gasteiger partial charge in [-0.3, -0.25) is 4.79 Å². The lowest BCUT2D eigenvalue weighted by Crippen LogP contribution is -2.36. The molecule has 0 aliphatic carbocycles. The molecule has 1 atom stereocenters. The van der Waals surface area contributed by atoms with Gasteiger partial charge in [-0.1, -0.05) is 23.7 Å². The molecule has 0 saturated carbocycles. The van der Waals surface area contributed by atoms with Crippen LogP contribution in [0.4, 0.5) is 0 Å². The third-order valence-corrected chi connectivity index (χ3v) is 3.72. The molecule has 0 spiro atoms. The van der Waals surface area contributed by atoms with Gasteiger partial charge < -0.3 is 19.5 Å². The fourth-order valence-corrected chi connectivity index (χ4v) is 2.45. The van der Waals surface area contributed by atoms with Gasteiger partial charge in [0.2, 0.25) is 0 Å². The number of nitrogens with one attached hydrogen (secondary N) is 1. The average molecular weight is 364 g/mol. The minimum Gasteiger partial charge on any atom is -0.493 e. The average Bonchev–Trinajstić information content (AvgIpc) is 2.62. The van der Waals surface area contributed by atoms with Crippen LogP contribution in [-0.4, -0.2) is 32.3 Å². The molecule has 0 fully saturated rings. The number of para-hydroxylation sites is 2. The number of carbonyl (C=O) groups excluding carboxylic acids is 1. The molecular weight excluding hydrogens is 342 g/mol. The van der Waals surface area contributed by atoms with E-state index in [0.29, 0.717) is 41.0 Å². The topological polar surface area (TPSA) is 56.8 Å². The highest BCUT2D eigenvalue weighted by Crippen LogP contribution is 2.26. The lowest BCUT2D eigenvalue weighted by atomic mass is 10.2. The molecule has 2 aromatic carbocycles. The number of hydrogen-bond donors (Lipinski definition) is 1. The molecule has 1 amide bonds. The Bertz CT molecular complexity index is 720. The van der Waals surface area contributed by atoms with E-state index in [1.807, 2.05) is 38.1 Å². The summed E-state index contributed by atoms with van der Waals surface area (Å²) in [7, 11) is 1.59. The zero-order valence-electron chi connectivity index (χ0n) is 14.5. The van der Waals surface area contributed by atoms with E-state index in [4.69, 9.17) is 25.8 Å². The van der Waals surface area contributed by atoms with E-state index >= 15 is 0 Å². The predicted molar refractivity (Wildman–Crippen MR) is 98.0 cm³/mol. The molecule has 0 aliphatic heterocycles. The number of hydrogen-bond acceptors (Lipinski definition) is 4. The second kappa shape index (κ2) is 9.18. The van der Waals surface area contributed by atoms with Crippen LogP contribution in [0.2, 0.25) is 5.02 Å². The molecule has 25 heavy (non-hydrogen) atoms. The summed E-state index contributed by atoms with van der Waals surface area (Å²) in [5.74, 6) is 1.63. The number of benzene rings is 2. The van der Waals surface area contributed by atoms with Crippen LogP contribution in [0.25, 0.3) is 0 Å². The predicted octanol–water partition coefficient (Wildman–Crippen LogP) is 3.94. The van der Waals surface area contributed by atoms with Gasteiger partial charge in [0, 0.05) is 5.56 Å². The van der Waals surface area contributed by atoms with Crippen molar-refractivity contribution in [1.82, 2.24) is 5.32 Å². The lowest BCUT2D eigenvalue weighted by molar-refractivity contribution is 0.0926. The number of carbonyl (C=O) groups is 1. The molecule has 2 aromatic rings. The minimum absolute atomic E-state index is 0.192. The summed E-state index contributed by atoms with van der Waals surface area (Å²) in [4.78, 5) is 12.3. The zero-order valence-corrected chi connectivity index (χ0v) is 15.3. The highest BCUT2D eigenvalue weighted by Gasteiger charge is 2.13. The summed E-state index contributed by atoms with van der Waals surface area (Å²) in [6, 6.07) is 12.1. The minimum atomic E-state index is -0.221. The SMILES string of the molecule is CCOc1ccc(C(=O)N[C@@H](C)COc2ccccc2OC)cc1Cl. The molecule has 2 rings (SSSR count). The Labute approximate surface area is 152 Å². The van der Waals surface area contributed by atoms with Crippen LogP contribution in [-0.2, 0) is 0 Å². The monoisotopic (exact) mass is 363 g/mol. The number of amides is 1. The molecule has 0 bridgehead atoms. The molecular formula is C19H22ClNO4. The van der Waals surface area contributed by atoms with E-state index in [1.165, 1.54) is 0 Å². The van der Waals surface area contributed by atoms with Crippen LogP contribution in [0.5, 0.6) is 17.2 Å². The Morgan fingerprint density at radius 2 is 1.84 bits per heavy atom. The van der Waals surface area contributed by atoms with Crippen molar-refractivity contribution in [3.63, 3.8) is 0 Å². The first kappa shape index (κ1) is 18.9. The standard InChI is InChI=1S/C19H22ClNO4/c1-4-24-16-10-9-14(11-15(16)20)19(22)21-13(2)12-25-18-8-6-5-7-17(18)23-3/h5-11,13H,4,12H2,1-3H3,(H,21,22)/t13-/m0/s1. The molecule has 0 unspecified atom stereocenters. The van der Waals surface area contributed by atoms with Crippen molar-refractivity contribution in [2.45, 2.75) is 19.9 Å². The Morgan fingerprint density at radius 1 is 1.12 bits per heavy atom. The first-order valence-electron chi connectivity index (χ1n) is 8.04. The van der Waals surface area contributed by atoms with Gasteiger partial charge in [0.25, 0.3) is 5.91 Å². The van der Waals surface area contributed by atoms with E-state index in [9.17, 15) is 4.79 Å². The molecule has 0 saturated heterocycles. The maximum absolute atomic E-state index is 12.3. The van der Waals surface area contributed by atoms with Gasteiger partial charge in [0.05, 0.1) is 24.8 Å². The number of methoxy groups -OCH3 is 1. The lowest BCUT2D eigenvalue weighted by Gasteiger charge is -2.16. The molecule has 0 aliphatic rings. The third kappa shape index (κ3) is 5.29. The summed E-state index contributed by atoms with van der Waals surface area (Å²) in [6.45, 7) is 4.57. The molecule has 134 valence electrons. The fraction of sp³-hybridized carbons (Fsp3) is 0.316. The van der Waals surface area contributed by atoms with Gasteiger partial charge >= 0.3 is 0 Å². The Kier molecular flexibility index (Phi) is 6.95. The van der Waals surface area contributed by atoms with Crippen LogP contribution < -0.4 is 19.5 Å². The van der Waals surface area contributed by atoms with Gasteiger partial charge in [-0.2, -0.15) is 0 Å². The smallest absolute Gasteiger partial charge is 0.251 e. The van der Waals surface area contributed by atoms with Crippen molar-refractivity contribution in [2.24, 2.45) is 0 Å². The number of ether oxygens (including phenoxy) is 3. The fourth-order valence-electron chi connectivity index (χ4n) is 2.22. The number of halogens is 1. The second-order valence-corrected chi connectivity index (χ2v) is 5.82. The van der Waals surface area contributed by atoms with Crippen molar-refractivity contribution < 1.29 is 19.0 Å². The van der Waals surface area contributed by atoms with Crippen molar-refractivity contribution in [3.8, 4) is 17.2 Å².